The third-order valence-corrected chi connectivity index (χ3v) is 6.02. The Hall–Kier alpha value is -2.67. The molecule has 2 aromatic heterocycles. The van der Waals surface area contributed by atoms with Crippen LogP contribution in [0.1, 0.15) is 34.1 Å². The molecule has 0 radical (unpaired) electrons. The molecule has 27 heavy (non-hydrogen) atoms. The third kappa shape index (κ3) is 3.23. The first kappa shape index (κ1) is 17.7. The van der Waals surface area contributed by atoms with E-state index in [1.807, 2.05) is 0 Å². The first-order valence-corrected chi connectivity index (χ1v) is 9.61. The van der Waals surface area contributed by atoms with E-state index in [-0.39, 0.29) is 0 Å². The first-order valence-electron chi connectivity index (χ1n) is 8.80. The Kier molecular flexibility index (Phi) is 4.70. The number of hydrogen-bond acceptors (Lipinski definition) is 7. The molecule has 6 nitrogen and oxygen atoms in total. The normalized spacial score (nSPS) is 16.0. The van der Waals surface area contributed by atoms with Gasteiger partial charge in [0, 0.05) is 10.9 Å². The van der Waals surface area contributed by atoms with Crippen molar-refractivity contribution in [3.05, 3.63) is 40.5 Å². The number of ether oxygens (including phenoxy) is 3. The van der Waals surface area contributed by atoms with E-state index >= 15 is 0 Å². The Labute approximate surface area is 161 Å². The highest BCUT2D eigenvalue weighted by atomic mass is 32.1. The summed E-state index contributed by atoms with van der Waals surface area (Å²) in [6.07, 6.45) is 4.69. The maximum Gasteiger partial charge on any atom is 0.341 e. The van der Waals surface area contributed by atoms with Crippen molar-refractivity contribution in [2.75, 3.05) is 14.2 Å². The van der Waals surface area contributed by atoms with Crippen LogP contribution in [0.15, 0.2) is 24.5 Å². The van der Waals surface area contributed by atoms with E-state index in [1.54, 1.807) is 36.6 Å². The number of aryl methyl sites for hydroxylation is 1. The fourth-order valence-corrected chi connectivity index (χ4v) is 4.76. The van der Waals surface area contributed by atoms with E-state index in [2.05, 4.69) is 16.9 Å². The maximum absolute atomic E-state index is 12.1. The number of rotatable bonds is 4. The molecular formula is C20H20N2O4S. The summed E-state index contributed by atoms with van der Waals surface area (Å²) in [5, 5.41) is 0.947. The topological polar surface area (TPSA) is 70.5 Å². The second kappa shape index (κ2) is 7.15. The van der Waals surface area contributed by atoms with Crippen molar-refractivity contribution in [3.63, 3.8) is 0 Å². The fraction of sp³-hybridized carbons (Fsp3) is 0.350. The second-order valence-electron chi connectivity index (χ2n) is 6.67. The zero-order valence-corrected chi connectivity index (χ0v) is 16.3. The first-order chi connectivity index (χ1) is 13.1. The molecule has 1 aliphatic rings. The van der Waals surface area contributed by atoms with E-state index in [4.69, 9.17) is 14.2 Å². The van der Waals surface area contributed by atoms with Gasteiger partial charge in [0.05, 0.1) is 19.6 Å². The van der Waals surface area contributed by atoms with Gasteiger partial charge in [0.25, 0.3) is 0 Å². The summed E-state index contributed by atoms with van der Waals surface area (Å²) in [6.45, 7) is 2.27. The fourth-order valence-electron chi connectivity index (χ4n) is 3.42. The van der Waals surface area contributed by atoms with Gasteiger partial charge >= 0.3 is 5.97 Å². The minimum absolute atomic E-state index is 0.322. The van der Waals surface area contributed by atoms with Gasteiger partial charge in [-0.3, -0.25) is 0 Å². The average molecular weight is 384 g/mol. The van der Waals surface area contributed by atoms with Crippen molar-refractivity contribution in [1.82, 2.24) is 9.97 Å². The van der Waals surface area contributed by atoms with E-state index in [0.29, 0.717) is 28.9 Å². The van der Waals surface area contributed by atoms with Gasteiger partial charge < -0.3 is 14.2 Å². The SMILES string of the molecule is COC(=O)c1ccc(OC)cc1Oc1ncnc2sc3c(c12)CC[C@H](C)C3. The molecule has 1 aromatic carbocycles. The third-order valence-electron chi connectivity index (χ3n) is 4.86. The van der Waals surface area contributed by atoms with Gasteiger partial charge in [0.15, 0.2) is 0 Å². The summed E-state index contributed by atoms with van der Waals surface area (Å²) < 4.78 is 16.3. The lowest BCUT2D eigenvalue weighted by Crippen LogP contribution is -2.09. The summed E-state index contributed by atoms with van der Waals surface area (Å²) in [5.41, 5.74) is 1.59. The summed E-state index contributed by atoms with van der Waals surface area (Å²) in [7, 11) is 2.91. The largest absolute Gasteiger partial charge is 0.497 e. The van der Waals surface area contributed by atoms with Crippen molar-refractivity contribution in [3.8, 4) is 17.4 Å². The molecule has 3 aromatic rings. The predicted molar refractivity (Wildman–Crippen MR) is 103 cm³/mol. The highest BCUT2D eigenvalue weighted by Gasteiger charge is 2.25. The van der Waals surface area contributed by atoms with E-state index < -0.39 is 5.97 Å². The number of methoxy groups -OCH3 is 2. The second-order valence-corrected chi connectivity index (χ2v) is 7.75. The van der Waals surface area contributed by atoms with E-state index in [1.165, 1.54) is 23.9 Å². The Bertz CT molecular complexity index is 1010. The maximum atomic E-state index is 12.1. The molecule has 0 aliphatic heterocycles. The zero-order valence-electron chi connectivity index (χ0n) is 15.4. The van der Waals surface area contributed by atoms with Gasteiger partial charge in [-0.2, -0.15) is 0 Å². The summed E-state index contributed by atoms with van der Waals surface area (Å²) >= 11 is 1.70. The summed E-state index contributed by atoms with van der Waals surface area (Å²) in [4.78, 5) is 23.2. The zero-order chi connectivity index (χ0) is 19.0. The molecule has 4 rings (SSSR count). The molecule has 1 aliphatic carbocycles. The number of benzene rings is 1. The van der Waals surface area contributed by atoms with Crippen LogP contribution in [0.25, 0.3) is 10.2 Å². The van der Waals surface area contributed by atoms with Gasteiger partial charge in [-0.05, 0) is 42.9 Å². The number of fused-ring (bicyclic) bond motifs is 3. The Balaban J connectivity index is 1.81. The molecule has 0 unspecified atom stereocenters. The number of carbonyl (C=O) groups is 1. The highest BCUT2D eigenvalue weighted by molar-refractivity contribution is 7.18. The molecule has 0 saturated heterocycles. The van der Waals surface area contributed by atoms with Crippen LogP contribution in [0.2, 0.25) is 0 Å². The Morgan fingerprint density at radius 2 is 2.11 bits per heavy atom. The molecule has 0 N–H and O–H groups in total. The number of aromatic nitrogens is 2. The lowest BCUT2D eigenvalue weighted by molar-refractivity contribution is 0.0598. The number of carbonyl (C=O) groups excluding carboxylic acids is 1. The van der Waals surface area contributed by atoms with Crippen LogP contribution in [-0.2, 0) is 17.6 Å². The average Bonchev–Trinajstić information content (AvgIpc) is 3.05. The molecule has 7 heteroatoms. The molecule has 140 valence electrons. The Morgan fingerprint density at radius 1 is 1.26 bits per heavy atom. The number of esters is 1. The van der Waals surface area contributed by atoms with Crippen LogP contribution in [0.3, 0.4) is 0 Å². The van der Waals surface area contributed by atoms with Crippen LogP contribution in [0, 0.1) is 5.92 Å². The van der Waals surface area contributed by atoms with Crippen molar-refractivity contribution in [2.45, 2.75) is 26.2 Å². The molecule has 1 atom stereocenters. The summed E-state index contributed by atoms with van der Waals surface area (Å²) in [6, 6.07) is 4.99. The molecular weight excluding hydrogens is 364 g/mol. The highest BCUT2D eigenvalue weighted by Crippen LogP contribution is 2.42. The molecule has 0 saturated carbocycles. The van der Waals surface area contributed by atoms with Gasteiger partial charge in [-0.15, -0.1) is 11.3 Å². The number of thiophene rings is 1. The van der Waals surface area contributed by atoms with Crippen LogP contribution in [0.5, 0.6) is 17.4 Å². The predicted octanol–water partition coefficient (Wildman–Crippen LogP) is 4.40. The van der Waals surface area contributed by atoms with Crippen molar-refractivity contribution in [1.29, 1.82) is 0 Å². The summed E-state index contributed by atoms with van der Waals surface area (Å²) in [5.74, 6) is 1.60. The van der Waals surface area contributed by atoms with Crippen molar-refractivity contribution < 1.29 is 19.0 Å². The lowest BCUT2D eigenvalue weighted by Gasteiger charge is -2.18. The minimum Gasteiger partial charge on any atom is -0.497 e. The van der Waals surface area contributed by atoms with Crippen LogP contribution in [0.4, 0.5) is 0 Å². The standard InChI is InChI=1S/C20H20N2O4S/c1-11-4-6-14-16(8-11)27-19-17(14)18(21-10-22-19)26-15-9-12(24-2)5-7-13(15)20(23)25-3/h5,7,9-11H,4,6,8H2,1-3H3/t11-/m0/s1. The monoisotopic (exact) mass is 384 g/mol. The quantitative estimate of drug-likeness (QED) is 0.621. The van der Waals surface area contributed by atoms with Crippen molar-refractivity contribution in [2.24, 2.45) is 5.92 Å². The van der Waals surface area contributed by atoms with Gasteiger partial charge in [0.1, 0.15) is 28.2 Å². The molecule has 0 fully saturated rings. The lowest BCUT2D eigenvalue weighted by atomic mass is 9.89. The van der Waals surface area contributed by atoms with Gasteiger partial charge in [0.2, 0.25) is 5.88 Å². The Morgan fingerprint density at radius 3 is 2.89 bits per heavy atom. The van der Waals surface area contributed by atoms with Crippen LogP contribution < -0.4 is 9.47 Å². The van der Waals surface area contributed by atoms with E-state index in [9.17, 15) is 4.79 Å². The number of nitrogens with zero attached hydrogens (tertiary/aromatic N) is 2. The molecule has 2 heterocycles. The smallest absolute Gasteiger partial charge is 0.341 e. The van der Waals surface area contributed by atoms with Crippen LogP contribution in [-0.4, -0.2) is 30.2 Å². The van der Waals surface area contributed by atoms with E-state index in [0.717, 1.165) is 29.5 Å². The van der Waals surface area contributed by atoms with Gasteiger partial charge in [-0.25, -0.2) is 14.8 Å². The molecule has 0 amide bonds. The number of hydrogen-bond donors (Lipinski definition) is 0. The molecule has 0 bridgehead atoms. The minimum atomic E-state index is -0.473. The van der Waals surface area contributed by atoms with Crippen LogP contribution >= 0.6 is 11.3 Å². The molecule has 0 spiro atoms. The van der Waals surface area contributed by atoms with Crippen molar-refractivity contribution >= 4 is 27.5 Å². The van der Waals surface area contributed by atoms with Gasteiger partial charge in [-0.1, -0.05) is 6.92 Å².